The summed E-state index contributed by atoms with van der Waals surface area (Å²) in [6, 6.07) is 8.16. The zero-order valence-electron chi connectivity index (χ0n) is 8.23. The first-order valence-electron chi connectivity index (χ1n) is 4.77. The van der Waals surface area contributed by atoms with Crippen molar-refractivity contribution in [3.63, 3.8) is 0 Å². The number of amidine groups is 1. The van der Waals surface area contributed by atoms with Gasteiger partial charge in [0.15, 0.2) is 0 Å². The molecule has 0 radical (unpaired) electrons. The third-order valence-electron chi connectivity index (χ3n) is 2.31. The molecule has 0 bridgehead atoms. The van der Waals surface area contributed by atoms with E-state index in [-0.39, 0.29) is 0 Å². The molecule has 14 heavy (non-hydrogen) atoms. The Hall–Kier alpha value is -0.960. The van der Waals surface area contributed by atoms with Crippen LogP contribution in [0.3, 0.4) is 0 Å². The number of thioether (sulfide) groups is 1. The van der Waals surface area contributed by atoms with Gasteiger partial charge in [0.25, 0.3) is 0 Å². The fraction of sp³-hybridized carbons (Fsp3) is 0.364. The van der Waals surface area contributed by atoms with E-state index in [1.807, 2.05) is 12.1 Å². The minimum atomic E-state index is 0.549. The normalized spacial score (nSPS) is 17.1. The molecule has 1 saturated carbocycles. The van der Waals surface area contributed by atoms with Crippen molar-refractivity contribution in [3.05, 3.63) is 24.3 Å². The molecule has 3 heteroatoms. The van der Waals surface area contributed by atoms with Crippen LogP contribution in [-0.4, -0.2) is 12.1 Å². The number of nitrogens with two attached hydrogens (primary N) is 1. The Morgan fingerprint density at radius 3 is 2.93 bits per heavy atom. The molecular formula is C11H14N2S. The van der Waals surface area contributed by atoms with Gasteiger partial charge in [-0.15, -0.1) is 11.8 Å². The predicted molar refractivity (Wildman–Crippen MR) is 62.2 cm³/mol. The zero-order valence-corrected chi connectivity index (χ0v) is 9.05. The Morgan fingerprint density at radius 1 is 1.50 bits per heavy atom. The van der Waals surface area contributed by atoms with Crippen molar-refractivity contribution in [1.82, 2.24) is 0 Å². The molecule has 2 rings (SSSR count). The summed E-state index contributed by atoms with van der Waals surface area (Å²) in [5, 5.41) is 0. The van der Waals surface area contributed by atoms with Crippen molar-refractivity contribution in [3.8, 4) is 0 Å². The average molecular weight is 206 g/mol. The van der Waals surface area contributed by atoms with E-state index in [4.69, 9.17) is 5.73 Å². The maximum atomic E-state index is 5.85. The third kappa shape index (κ3) is 2.29. The summed E-state index contributed by atoms with van der Waals surface area (Å²) in [4.78, 5) is 5.64. The summed E-state index contributed by atoms with van der Waals surface area (Å²) in [6.07, 6.45) is 4.47. The van der Waals surface area contributed by atoms with Gasteiger partial charge in [-0.05, 0) is 37.3 Å². The van der Waals surface area contributed by atoms with Crippen LogP contribution in [0.5, 0.6) is 0 Å². The van der Waals surface area contributed by atoms with Crippen molar-refractivity contribution in [2.45, 2.75) is 17.7 Å². The smallest absolute Gasteiger partial charge is 0.103 e. The maximum Gasteiger partial charge on any atom is 0.103 e. The number of rotatable bonds is 3. The van der Waals surface area contributed by atoms with Crippen molar-refractivity contribution in [1.29, 1.82) is 0 Å². The monoisotopic (exact) mass is 206 g/mol. The van der Waals surface area contributed by atoms with E-state index in [1.165, 1.54) is 17.7 Å². The SMILES string of the molecule is CSc1cccc(N=C(N)C2CC2)c1. The highest BCUT2D eigenvalue weighted by atomic mass is 32.2. The van der Waals surface area contributed by atoms with E-state index in [2.05, 4.69) is 23.4 Å². The highest BCUT2D eigenvalue weighted by molar-refractivity contribution is 7.98. The molecule has 74 valence electrons. The fourth-order valence-corrected chi connectivity index (χ4v) is 1.75. The number of hydrogen-bond acceptors (Lipinski definition) is 2. The molecule has 2 N–H and O–H groups in total. The van der Waals surface area contributed by atoms with Gasteiger partial charge in [-0.2, -0.15) is 0 Å². The third-order valence-corrected chi connectivity index (χ3v) is 3.03. The number of nitrogens with zero attached hydrogens (tertiary/aromatic N) is 1. The van der Waals surface area contributed by atoms with Crippen molar-refractivity contribution < 1.29 is 0 Å². The lowest BCUT2D eigenvalue weighted by molar-refractivity contribution is 1.15. The van der Waals surface area contributed by atoms with Crippen LogP contribution in [0.15, 0.2) is 34.2 Å². The Balaban J connectivity index is 2.18. The molecule has 0 unspecified atom stereocenters. The highest BCUT2D eigenvalue weighted by Crippen LogP contribution is 2.30. The molecule has 1 aliphatic carbocycles. The summed E-state index contributed by atoms with van der Waals surface area (Å²) >= 11 is 1.72. The zero-order chi connectivity index (χ0) is 9.97. The average Bonchev–Trinajstić information content (AvgIpc) is 3.01. The van der Waals surface area contributed by atoms with E-state index in [0.717, 1.165) is 11.5 Å². The first-order valence-corrected chi connectivity index (χ1v) is 6.00. The molecule has 0 aromatic heterocycles. The van der Waals surface area contributed by atoms with E-state index < -0.39 is 0 Å². The number of aliphatic imine (C=N–C) groups is 1. The number of hydrogen-bond donors (Lipinski definition) is 1. The van der Waals surface area contributed by atoms with Gasteiger partial charge in [-0.1, -0.05) is 6.07 Å². The minimum Gasteiger partial charge on any atom is -0.387 e. The van der Waals surface area contributed by atoms with Gasteiger partial charge < -0.3 is 5.73 Å². The van der Waals surface area contributed by atoms with Crippen LogP contribution < -0.4 is 5.73 Å². The van der Waals surface area contributed by atoms with Gasteiger partial charge in [-0.25, -0.2) is 4.99 Å². The lowest BCUT2D eigenvalue weighted by Gasteiger charge is -2.00. The Kier molecular flexibility index (Phi) is 2.77. The van der Waals surface area contributed by atoms with E-state index in [9.17, 15) is 0 Å². The largest absolute Gasteiger partial charge is 0.387 e. The van der Waals surface area contributed by atoms with Gasteiger partial charge in [0.1, 0.15) is 5.84 Å². The number of benzene rings is 1. The van der Waals surface area contributed by atoms with Crippen molar-refractivity contribution in [2.24, 2.45) is 16.6 Å². The van der Waals surface area contributed by atoms with Gasteiger partial charge in [0.2, 0.25) is 0 Å². The molecule has 1 fully saturated rings. The molecule has 0 saturated heterocycles. The van der Waals surface area contributed by atoms with Crippen LogP contribution in [0.25, 0.3) is 0 Å². The van der Waals surface area contributed by atoms with E-state index in [1.54, 1.807) is 11.8 Å². The Morgan fingerprint density at radius 2 is 2.29 bits per heavy atom. The quantitative estimate of drug-likeness (QED) is 0.469. The topological polar surface area (TPSA) is 38.4 Å². The molecule has 0 amide bonds. The summed E-state index contributed by atoms with van der Waals surface area (Å²) in [5.41, 5.74) is 6.82. The molecule has 1 aliphatic rings. The standard InChI is InChI=1S/C11H14N2S/c1-14-10-4-2-3-9(7-10)13-11(12)8-5-6-8/h2-4,7-8H,5-6H2,1H3,(H2,12,13). The first kappa shape index (κ1) is 9.59. The van der Waals surface area contributed by atoms with Crippen LogP contribution >= 0.6 is 11.8 Å². The molecule has 2 nitrogen and oxygen atoms in total. The second-order valence-electron chi connectivity index (χ2n) is 3.51. The lowest BCUT2D eigenvalue weighted by Crippen LogP contribution is -2.12. The second kappa shape index (κ2) is 4.05. The van der Waals surface area contributed by atoms with Gasteiger partial charge in [0.05, 0.1) is 5.69 Å². The predicted octanol–water partition coefficient (Wildman–Crippen LogP) is 2.81. The summed E-state index contributed by atoms with van der Waals surface area (Å²) in [7, 11) is 0. The van der Waals surface area contributed by atoms with Crippen LogP contribution in [0.1, 0.15) is 12.8 Å². The van der Waals surface area contributed by atoms with Gasteiger partial charge >= 0.3 is 0 Å². The summed E-state index contributed by atoms with van der Waals surface area (Å²) < 4.78 is 0. The molecule has 0 atom stereocenters. The summed E-state index contributed by atoms with van der Waals surface area (Å²) in [5.74, 6) is 1.34. The molecule has 1 aromatic carbocycles. The van der Waals surface area contributed by atoms with Crippen molar-refractivity contribution >= 4 is 23.3 Å². The molecule has 0 heterocycles. The maximum absolute atomic E-state index is 5.85. The van der Waals surface area contributed by atoms with Gasteiger partial charge in [-0.3, -0.25) is 0 Å². The first-order chi connectivity index (χ1) is 6.79. The lowest BCUT2D eigenvalue weighted by atomic mass is 10.3. The highest BCUT2D eigenvalue weighted by Gasteiger charge is 2.25. The fourth-order valence-electron chi connectivity index (χ4n) is 1.30. The molecule has 0 spiro atoms. The van der Waals surface area contributed by atoms with Crippen LogP contribution in [-0.2, 0) is 0 Å². The van der Waals surface area contributed by atoms with Crippen molar-refractivity contribution in [2.75, 3.05) is 6.26 Å². The van der Waals surface area contributed by atoms with Gasteiger partial charge in [0, 0.05) is 10.8 Å². The van der Waals surface area contributed by atoms with E-state index >= 15 is 0 Å². The Labute approximate surface area is 88.6 Å². The van der Waals surface area contributed by atoms with Crippen LogP contribution in [0.2, 0.25) is 0 Å². The van der Waals surface area contributed by atoms with Crippen LogP contribution in [0, 0.1) is 5.92 Å². The molecular weight excluding hydrogens is 192 g/mol. The molecule has 1 aromatic rings. The summed E-state index contributed by atoms with van der Waals surface area (Å²) in [6.45, 7) is 0. The molecule has 0 aliphatic heterocycles. The Bertz CT molecular complexity index is 356. The second-order valence-corrected chi connectivity index (χ2v) is 4.39. The minimum absolute atomic E-state index is 0.549. The van der Waals surface area contributed by atoms with Crippen LogP contribution in [0.4, 0.5) is 5.69 Å². The van der Waals surface area contributed by atoms with E-state index in [0.29, 0.717) is 5.92 Å².